The zero-order valence-corrected chi connectivity index (χ0v) is 17.7. The highest BCUT2D eigenvalue weighted by atomic mass is 35.5. The van der Waals surface area contributed by atoms with Crippen molar-refractivity contribution < 1.29 is 17.9 Å². The number of ether oxygens (including phenoxy) is 1. The minimum atomic E-state index is -4.01. The van der Waals surface area contributed by atoms with Crippen molar-refractivity contribution >= 4 is 27.5 Å². The predicted octanol–water partition coefficient (Wildman–Crippen LogP) is 3.44. The number of hydrogen-bond acceptors (Lipinski definition) is 4. The van der Waals surface area contributed by atoms with E-state index in [-0.39, 0.29) is 17.4 Å². The molecule has 1 atom stereocenters. The van der Waals surface area contributed by atoms with Crippen LogP contribution in [-0.2, 0) is 21.4 Å². The van der Waals surface area contributed by atoms with E-state index in [9.17, 15) is 13.2 Å². The molecule has 0 heterocycles. The van der Waals surface area contributed by atoms with E-state index >= 15 is 0 Å². The molecule has 0 aliphatic carbocycles. The van der Waals surface area contributed by atoms with Crippen LogP contribution in [0.5, 0.6) is 5.75 Å². The molecule has 1 amide bonds. The van der Waals surface area contributed by atoms with Gasteiger partial charge in [-0.25, -0.2) is 8.42 Å². The van der Waals surface area contributed by atoms with Crippen molar-refractivity contribution in [3.8, 4) is 5.75 Å². The largest absolute Gasteiger partial charge is 0.496 e. The molecule has 2 aromatic rings. The fourth-order valence-electron chi connectivity index (χ4n) is 2.93. The summed E-state index contributed by atoms with van der Waals surface area (Å²) in [5, 5.41) is 0.420. The van der Waals surface area contributed by atoms with Gasteiger partial charge in [-0.1, -0.05) is 43.6 Å². The van der Waals surface area contributed by atoms with Crippen molar-refractivity contribution in [1.29, 1.82) is 0 Å². The number of rotatable bonds is 9. The summed E-state index contributed by atoms with van der Waals surface area (Å²) >= 11 is 5.89. The Hall–Kier alpha value is -2.09. The molecule has 2 rings (SSSR count). The van der Waals surface area contributed by atoms with E-state index in [2.05, 4.69) is 0 Å². The SMILES string of the molecule is COc1ccccc1CN([C@H](CC(C)C)C(N)=O)S(=O)(=O)c1ccc(Cl)cc1. The first-order valence-electron chi connectivity index (χ1n) is 8.85. The molecule has 8 heteroatoms. The third-order valence-electron chi connectivity index (χ3n) is 4.31. The number of primary amides is 1. The molecular formula is C20H25ClN2O4S. The van der Waals surface area contributed by atoms with Gasteiger partial charge in [-0.3, -0.25) is 4.79 Å². The molecule has 0 aliphatic rings. The van der Waals surface area contributed by atoms with Crippen LogP contribution in [0.4, 0.5) is 0 Å². The van der Waals surface area contributed by atoms with E-state index in [0.29, 0.717) is 22.8 Å². The second-order valence-corrected chi connectivity index (χ2v) is 9.19. The average Bonchev–Trinajstić information content (AvgIpc) is 2.64. The smallest absolute Gasteiger partial charge is 0.244 e. The molecular weight excluding hydrogens is 400 g/mol. The van der Waals surface area contributed by atoms with E-state index in [0.717, 1.165) is 4.31 Å². The van der Waals surface area contributed by atoms with Crippen molar-refractivity contribution in [3.05, 3.63) is 59.1 Å². The molecule has 0 saturated heterocycles. The highest BCUT2D eigenvalue weighted by molar-refractivity contribution is 7.89. The van der Waals surface area contributed by atoms with Crippen LogP contribution in [0, 0.1) is 5.92 Å². The summed E-state index contributed by atoms with van der Waals surface area (Å²) in [5.74, 6) is -0.0919. The van der Waals surface area contributed by atoms with Gasteiger partial charge in [0, 0.05) is 17.1 Å². The van der Waals surface area contributed by atoms with Crippen LogP contribution in [0.2, 0.25) is 5.02 Å². The number of nitrogens with zero attached hydrogens (tertiary/aromatic N) is 1. The van der Waals surface area contributed by atoms with Gasteiger partial charge in [0.05, 0.1) is 12.0 Å². The van der Waals surface area contributed by atoms with Gasteiger partial charge in [0.2, 0.25) is 15.9 Å². The normalized spacial score (nSPS) is 12.9. The Morgan fingerprint density at radius 2 is 1.75 bits per heavy atom. The van der Waals surface area contributed by atoms with Crippen LogP contribution in [-0.4, -0.2) is 31.8 Å². The molecule has 0 aliphatic heterocycles. The lowest BCUT2D eigenvalue weighted by Gasteiger charge is -2.30. The van der Waals surface area contributed by atoms with Gasteiger partial charge in [-0.05, 0) is 42.7 Å². The maximum atomic E-state index is 13.4. The highest BCUT2D eigenvalue weighted by Gasteiger charge is 2.35. The number of amides is 1. The predicted molar refractivity (Wildman–Crippen MR) is 110 cm³/mol. The summed E-state index contributed by atoms with van der Waals surface area (Å²) in [6.45, 7) is 3.77. The number of halogens is 1. The molecule has 2 aromatic carbocycles. The lowest BCUT2D eigenvalue weighted by Crippen LogP contribution is -2.48. The minimum absolute atomic E-state index is 0.0433. The first-order chi connectivity index (χ1) is 13.2. The number of methoxy groups -OCH3 is 1. The third-order valence-corrected chi connectivity index (χ3v) is 6.43. The fourth-order valence-corrected chi connectivity index (χ4v) is 4.64. The summed E-state index contributed by atoms with van der Waals surface area (Å²) in [5.41, 5.74) is 6.25. The van der Waals surface area contributed by atoms with Crippen LogP contribution in [0.3, 0.4) is 0 Å². The number of benzene rings is 2. The molecule has 0 spiro atoms. The fraction of sp³-hybridized carbons (Fsp3) is 0.350. The number of carbonyl (C=O) groups is 1. The average molecular weight is 425 g/mol. The molecule has 152 valence electrons. The van der Waals surface area contributed by atoms with Gasteiger partial charge >= 0.3 is 0 Å². The van der Waals surface area contributed by atoms with Crippen LogP contribution < -0.4 is 10.5 Å². The van der Waals surface area contributed by atoms with E-state index in [1.165, 1.54) is 31.4 Å². The zero-order valence-electron chi connectivity index (χ0n) is 16.1. The quantitative estimate of drug-likeness (QED) is 0.667. The highest BCUT2D eigenvalue weighted by Crippen LogP contribution is 2.28. The Balaban J connectivity index is 2.57. The molecule has 0 fully saturated rings. The number of para-hydroxylation sites is 1. The number of carbonyl (C=O) groups excluding carboxylic acids is 1. The first-order valence-corrected chi connectivity index (χ1v) is 10.7. The lowest BCUT2D eigenvalue weighted by molar-refractivity contribution is -0.122. The second-order valence-electron chi connectivity index (χ2n) is 6.86. The van der Waals surface area contributed by atoms with Crippen molar-refractivity contribution in [2.75, 3.05) is 7.11 Å². The topological polar surface area (TPSA) is 89.7 Å². The van der Waals surface area contributed by atoms with Gasteiger partial charge in [0.25, 0.3) is 0 Å². The van der Waals surface area contributed by atoms with Crippen LogP contribution in [0.25, 0.3) is 0 Å². The lowest BCUT2D eigenvalue weighted by atomic mass is 10.0. The molecule has 6 nitrogen and oxygen atoms in total. The second kappa shape index (κ2) is 9.41. The Bertz CT molecular complexity index is 914. The Labute approximate surface area is 171 Å². The van der Waals surface area contributed by atoms with Gasteiger partial charge in [-0.2, -0.15) is 4.31 Å². The first kappa shape index (κ1) is 22.2. The summed E-state index contributed by atoms with van der Waals surface area (Å²) in [7, 11) is -2.50. The van der Waals surface area contributed by atoms with Gasteiger partial charge in [0.15, 0.2) is 0 Å². The van der Waals surface area contributed by atoms with Gasteiger partial charge in [0.1, 0.15) is 11.8 Å². The van der Waals surface area contributed by atoms with Crippen molar-refractivity contribution in [2.45, 2.75) is 37.8 Å². The summed E-state index contributed by atoms with van der Waals surface area (Å²) < 4.78 is 33.3. The van der Waals surface area contributed by atoms with Gasteiger partial charge in [-0.15, -0.1) is 0 Å². The van der Waals surface area contributed by atoms with E-state index in [1.54, 1.807) is 24.3 Å². The number of nitrogens with two attached hydrogens (primary N) is 1. The molecule has 2 N–H and O–H groups in total. The number of hydrogen-bond donors (Lipinski definition) is 1. The Kier molecular flexibility index (Phi) is 7.46. The summed E-state index contributed by atoms with van der Waals surface area (Å²) in [4.78, 5) is 12.3. The molecule has 0 radical (unpaired) electrons. The molecule has 28 heavy (non-hydrogen) atoms. The van der Waals surface area contributed by atoms with Crippen LogP contribution in [0.15, 0.2) is 53.4 Å². The van der Waals surface area contributed by atoms with Crippen molar-refractivity contribution in [3.63, 3.8) is 0 Å². The Morgan fingerprint density at radius 3 is 2.29 bits per heavy atom. The number of sulfonamides is 1. The molecule has 0 aromatic heterocycles. The molecule has 0 saturated carbocycles. The van der Waals surface area contributed by atoms with Crippen LogP contribution >= 0.6 is 11.6 Å². The monoisotopic (exact) mass is 424 g/mol. The molecule has 0 bridgehead atoms. The van der Waals surface area contributed by atoms with Crippen molar-refractivity contribution in [2.24, 2.45) is 11.7 Å². The third kappa shape index (κ3) is 5.25. The van der Waals surface area contributed by atoms with Gasteiger partial charge < -0.3 is 10.5 Å². The van der Waals surface area contributed by atoms with Crippen LogP contribution in [0.1, 0.15) is 25.8 Å². The standard InChI is InChI=1S/C20H25ClN2O4S/c1-14(2)12-18(20(22)24)23(13-15-6-4-5-7-19(15)27-3)28(25,26)17-10-8-16(21)9-11-17/h4-11,14,18H,12-13H2,1-3H3,(H2,22,24)/t18-/m1/s1. The van der Waals surface area contributed by atoms with E-state index in [4.69, 9.17) is 22.1 Å². The maximum Gasteiger partial charge on any atom is 0.244 e. The molecule has 0 unspecified atom stereocenters. The Morgan fingerprint density at radius 1 is 1.14 bits per heavy atom. The summed E-state index contributed by atoms with van der Waals surface area (Å²) in [6, 6.07) is 11.9. The maximum absolute atomic E-state index is 13.4. The van der Waals surface area contributed by atoms with E-state index < -0.39 is 22.0 Å². The minimum Gasteiger partial charge on any atom is -0.496 e. The summed E-state index contributed by atoms with van der Waals surface area (Å²) in [6.07, 6.45) is 0.303. The van der Waals surface area contributed by atoms with Crippen molar-refractivity contribution in [1.82, 2.24) is 4.31 Å². The zero-order chi connectivity index (χ0) is 20.9. The van der Waals surface area contributed by atoms with E-state index in [1.807, 2.05) is 13.8 Å².